The van der Waals surface area contributed by atoms with E-state index in [-0.39, 0.29) is 0 Å². The Balaban J connectivity index is 0.743. The van der Waals surface area contributed by atoms with Gasteiger partial charge >= 0.3 is 0 Å². The van der Waals surface area contributed by atoms with Gasteiger partial charge in [0, 0.05) is 71.3 Å². The van der Waals surface area contributed by atoms with Gasteiger partial charge in [-0.05, 0) is 195 Å². The highest BCUT2D eigenvalue weighted by Crippen LogP contribution is 2.43. The van der Waals surface area contributed by atoms with E-state index in [9.17, 15) is 0 Å². The van der Waals surface area contributed by atoms with Crippen LogP contribution in [0.4, 0.5) is 0 Å². The second-order valence-corrected chi connectivity index (χ2v) is 26.1. The maximum Gasteiger partial charge on any atom is 0.235 e. The minimum absolute atomic E-state index is 0.585. The molecule has 6 nitrogen and oxygen atoms in total. The van der Waals surface area contributed by atoms with Crippen molar-refractivity contribution in [1.29, 1.82) is 0 Å². The molecule has 0 bridgehead atoms. The molecule has 0 fully saturated rings. The van der Waals surface area contributed by atoms with Crippen LogP contribution in [-0.4, -0.2) is 28.2 Å². The smallest absolute Gasteiger partial charge is 0.235 e. The molecule has 5 heterocycles. The van der Waals surface area contributed by atoms with Crippen molar-refractivity contribution in [2.45, 2.75) is 0 Å². The van der Waals surface area contributed by atoms with Crippen LogP contribution in [0.15, 0.2) is 364 Å². The number of para-hydroxylation sites is 6. The fourth-order valence-electron chi connectivity index (χ4n) is 15.7. The standard InChI is InChI=1S/C94H60N6/c1-5-23-61(24-6-1)70-52-71(62-25-7-2-8-26-62)54-72(53-70)63-27-21-28-68(51-63)84-60-85(96-94(95-84)100-89-42-20-16-38-79(89)83-59-67(46-50-93(83)100)65-44-48-91-81(57-65)77-36-14-18-40-87(77)98(91)74-32-11-4-12-33-74)69-29-22-34-75(55-69)99-88-41-19-15-37-78(88)82-58-66(45-49-92(82)99)64-43-47-90-80(56-64)76-35-13-17-39-86(76)97(90)73-30-9-3-10-31-73/h1-60H. The first-order chi connectivity index (χ1) is 49.6. The number of hydrogen-bond donors (Lipinski definition) is 0. The lowest BCUT2D eigenvalue weighted by Gasteiger charge is -2.15. The van der Waals surface area contributed by atoms with E-state index in [1.54, 1.807) is 0 Å². The molecular weight excluding hydrogens is 1210 g/mol. The Bertz CT molecular complexity index is 6570. The summed E-state index contributed by atoms with van der Waals surface area (Å²) in [6.07, 6.45) is 0. The van der Waals surface area contributed by atoms with Crippen LogP contribution in [0.2, 0.25) is 0 Å². The monoisotopic (exact) mass is 1270 g/mol. The quantitative estimate of drug-likeness (QED) is 0.130. The van der Waals surface area contributed by atoms with Crippen LogP contribution in [0.25, 0.3) is 188 Å². The van der Waals surface area contributed by atoms with E-state index in [4.69, 9.17) is 9.97 Å². The number of aromatic nitrogens is 6. The zero-order chi connectivity index (χ0) is 65.8. The lowest BCUT2D eigenvalue weighted by molar-refractivity contribution is 0.995. The van der Waals surface area contributed by atoms with E-state index in [0.717, 1.165) is 106 Å². The predicted octanol–water partition coefficient (Wildman–Crippen LogP) is 24.5. The van der Waals surface area contributed by atoms with Gasteiger partial charge in [0.05, 0.1) is 55.5 Å². The molecule has 0 unspecified atom stereocenters. The first-order valence-electron chi connectivity index (χ1n) is 34.2. The third-order valence-electron chi connectivity index (χ3n) is 20.3. The maximum absolute atomic E-state index is 5.70. The molecule has 20 aromatic rings. The molecule has 15 aromatic carbocycles. The molecule has 0 amide bonds. The Morgan fingerprint density at radius 3 is 0.840 bits per heavy atom. The van der Waals surface area contributed by atoms with Crippen molar-refractivity contribution in [3.8, 4) is 101 Å². The van der Waals surface area contributed by atoms with Crippen molar-refractivity contribution >= 4 is 87.2 Å². The molecule has 0 aliphatic heterocycles. The van der Waals surface area contributed by atoms with Crippen LogP contribution in [0.1, 0.15) is 0 Å². The van der Waals surface area contributed by atoms with Crippen molar-refractivity contribution in [1.82, 2.24) is 28.2 Å². The number of fused-ring (bicyclic) bond motifs is 12. The van der Waals surface area contributed by atoms with Crippen molar-refractivity contribution in [3.05, 3.63) is 364 Å². The second kappa shape index (κ2) is 23.2. The van der Waals surface area contributed by atoms with Crippen molar-refractivity contribution < 1.29 is 0 Å². The number of rotatable bonds is 11. The Labute approximate surface area is 577 Å². The molecule has 0 saturated carbocycles. The summed E-state index contributed by atoms with van der Waals surface area (Å²) in [6.45, 7) is 0. The molecule has 20 rings (SSSR count). The summed E-state index contributed by atoms with van der Waals surface area (Å²) in [5, 5.41) is 9.53. The summed E-state index contributed by atoms with van der Waals surface area (Å²) in [7, 11) is 0. The molecule has 0 atom stereocenters. The molecule has 0 aliphatic carbocycles. The molecule has 6 heteroatoms. The van der Waals surface area contributed by atoms with Crippen LogP contribution in [0.3, 0.4) is 0 Å². The number of nitrogens with zero attached hydrogens (tertiary/aromatic N) is 6. The second-order valence-electron chi connectivity index (χ2n) is 26.1. The minimum atomic E-state index is 0.585. The van der Waals surface area contributed by atoms with Gasteiger partial charge in [-0.15, -0.1) is 0 Å². The summed E-state index contributed by atoms with van der Waals surface area (Å²) in [5.74, 6) is 0.585. The Kier molecular flexibility index (Phi) is 13.2. The summed E-state index contributed by atoms with van der Waals surface area (Å²) >= 11 is 0. The molecule has 0 aliphatic rings. The molecule has 0 N–H and O–H groups in total. The zero-order valence-corrected chi connectivity index (χ0v) is 54.3. The number of hydrogen-bond acceptors (Lipinski definition) is 2. The summed E-state index contributed by atoms with van der Waals surface area (Å²) < 4.78 is 9.44. The lowest BCUT2D eigenvalue weighted by Crippen LogP contribution is -2.04. The molecule has 0 saturated heterocycles. The first-order valence-corrected chi connectivity index (χ1v) is 34.2. The Hall–Kier alpha value is -13.4. The Morgan fingerprint density at radius 2 is 0.420 bits per heavy atom. The average Bonchev–Trinajstić information content (AvgIpc) is 1.58. The van der Waals surface area contributed by atoms with E-state index in [2.05, 4.69) is 382 Å². The van der Waals surface area contributed by atoms with Gasteiger partial charge in [0.1, 0.15) is 0 Å². The summed E-state index contributed by atoms with van der Waals surface area (Å²) in [4.78, 5) is 11.4. The summed E-state index contributed by atoms with van der Waals surface area (Å²) in [6, 6.07) is 132. The van der Waals surface area contributed by atoms with Crippen LogP contribution < -0.4 is 0 Å². The maximum atomic E-state index is 5.70. The third-order valence-corrected chi connectivity index (χ3v) is 20.3. The fraction of sp³-hybridized carbons (Fsp3) is 0. The summed E-state index contributed by atoms with van der Waals surface area (Å²) in [5.41, 5.74) is 27.4. The van der Waals surface area contributed by atoms with E-state index < -0.39 is 0 Å². The largest absolute Gasteiger partial charge is 0.309 e. The van der Waals surface area contributed by atoms with Crippen LogP contribution in [-0.2, 0) is 0 Å². The molecule has 0 radical (unpaired) electrons. The van der Waals surface area contributed by atoms with Crippen LogP contribution >= 0.6 is 0 Å². The fourth-order valence-corrected chi connectivity index (χ4v) is 15.7. The molecule has 466 valence electrons. The molecule has 0 spiro atoms. The van der Waals surface area contributed by atoms with Gasteiger partial charge in [0.2, 0.25) is 5.95 Å². The lowest BCUT2D eigenvalue weighted by atomic mass is 9.92. The van der Waals surface area contributed by atoms with Gasteiger partial charge in [-0.25, -0.2) is 9.97 Å². The highest BCUT2D eigenvalue weighted by Gasteiger charge is 2.22. The van der Waals surface area contributed by atoms with Crippen molar-refractivity contribution in [2.24, 2.45) is 0 Å². The van der Waals surface area contributed by atoms with E-state index in [1.165, 1.54) is 76.6 Å². The van der Waals surface area contributed by atoms with Crippen molar-refractivity contribution in [3.63, 3.8) is 0 Å². The first kappa shape index (κ1) is 56.9. The van der Waals surface area contributed by atoms with Gasteiger partial charge in [-0.3, -0.25) is 4.57 Å². The van der Waals surface area contributed by atoms with Gasteiger partial charge in [0.25, 0.3) is 0 Å². The highest BCUT2D eigenvalue weighted by molar-refractivity contribution is 6.15. The van der Waals surface area contributed by atoms with Crippen molar-refractivity contribution in [2.75, 3.05) is 0 Å². The van der Waals surface area contributed by atoms with Gasteiger partial charge in [-0.2, -0.15) is 0 Å². The van der Waals surface area contributed by atoms with Gasteiger partial charge in [0.15, 0.2) is 0 Å². The minimum Gasteiger partial charge on any atom is -0.309 e. The predicted molar refractivity (Wildman–Crippen MR) is 417 cm³/mol. The van der Waals surface area contributed by atoms with E-state index in [1.807, 2.05) is 0 Å². The topological polar surface area (TPSA) is 45.5 Å². The third kappa shape index (κ3) is 9.41. The van der Waals surface area contributed by atoms with E-state index >= 15 is 0 Å². The number of benzene rings is 15. The van der Waals surface area contributed by atoms with Crippen LogP contribution in [0.5, 0.6) is 0 Å². The normalized spacial score (nSPS) is 11.8. The molecule has 100 heavy (non-hydrogen) atoms. The highest BCUT2D eigenvalue weighted by atomic mass is 15.2. The van der Waals surface area contributed by atoms with Gasteiger partial charge in [-0.1, -0.05) is 224 Å². The zero-order valence-electron chi connectivity index (χ0n) is 54.3. The molecular formula is C94H60N6. The van der Waals surface area contributed by atoms with Crippen LogP contribution in [0, 0.1) is 0 Å². The Morgan fingerprint density at radius 1 is 0.150 bits per heavy atom. The van der Waals surface area contributed by atoms with Gasteiger partial charge < -0.3 is 13.7 Å². The van der Waals surface area contributed by atoms with E-state index in [0.29, 0.717) is 5.95 Å². The SMILES string of the molecule is c1ccc(-c2cc(-c3ccccc3)cc(-c3cccc(-c4cc(-c5cccc(-n6c7ccccc7c7cc(-c8ccc9c(c8)c8ccccc8n9-c8ccccc8)ccc76)c5)nc(-n5c6ccccc6c6cc(-c7ccc8c(c7)c7ccccc7n8-c7ccccc7)ccc65)n4)c3)c2)cc1. The average molecular weight is 1270 g/mol. The molecule has 5 aromatic heterocycles.